The van der Waals surface area contributed by atoms with Crippen molar-refractivity contribution >= 4 is 18.0 Å². The SMILES string of the molecule is Cc1nc(N[C@@H](C)c2ccc(Oc3ccccc3)cc2)nc(N2C(=O)OC(C)[C@@H]2C(C)C)n1. The molecule has 0 spiro atoms. The number of para-hydroxylation sites is 1. The molecule has 1 aliphatic rings. The lowest BCUT2D eigenvalue weighted by atomic mass is 9.99. The normalized spacial score (nSPS) is 18.8. The molecule has 1 fully saturated rings. The van der Waals surface area contributed by atoms with E-state index in [1.807, 2.05) is 68.4 Å². The number of nitrogens with zero attached hydrogens (tertiary/aromatic N) is 4. The number of nitrogens with one attached hydrogen (secondary N) is 1. The van der Waals surface area contributed by atoms with Crippen molar-refractivity contribution in [3.8, 4) is 11.5 Å². The van der Waals surface area contributed by atoms with Crippen LogP contribution in [0.1, 0.15) is 45.1 Å². The van der Waals surface area contributed by atoms with Crippen LogP contribution in [-0.4, -0.2) is 33.2 Å². The minimum absolute atomic E-state index is 0.0734. The molecular formula is C25H29N5O3. The van der Waals surface area contributed by atoms with Gasteiger partial charge in [-0.1, -0.05) is 44.2 Å². The Hall–Kier alpha value is -3.68. The first-order valence-electron chi connectivity index (χ1n) is 11.1. The molecule has 1 amide bonds. The molecule has 3 aromatic rings. The number of aromatic nitrogens is 3. The van der Waals surface area contributed by atoms with Gasteiger partial charge in [0.15, 0.2) is 0 Å². The van der Waals surface area contributed by atoms with Crippen molar-refractivity contribution in [3.63, 3.8) is 0 Å². The summed E-state index contributed by atoms with van der Waals surface area (Å²) in [4.78, 5) is 27.4. The Morgan fingerprint density at radius 1 is 0.970 bits per heavy atom. The second kappa shape index (κ2) is 9.44. The molecule has 0 saturated carbocycles. The van der Waals surface area contributed by atoms with Gasteiger partial charge >= 0.3 is 6.09 Å². The highest BCUT2D eigenvalue weighted by atomic mass is 16.6. The van der Waals surface area contributed by atoms with Crippen LogP contribution in [0, 0.1) is 12.8 Å². The molecule has 0 bridgehead atoms. The maximum absolute atomic E-state index is 12.5. The Labute approximate surface area is 194 Å². The molecule has 3 atom stereocenters. The Morgan fingerprint density at radius 3 is 2.30 bits per heavy atom. The average Bonchev–Trinajstić information content (AvgIpc) is 3.08. The van der Waals surface area contributed by atoms with E-state index in [0.29, 0.717) is 17.7 Å². The molecule has 172 valence electrons. The second-order valence-electron chi connectivity index (χ2n) is 8.55. The minimum Gasteiger partial charge on any atom is -0.457 e. The lowest BCUT2D eigenvalue weighted by Crippen LogP contribution is -2.41. The van der Waals surface area contributed by atoms with Crippen LogP contribution in [0.25, 0.3) is 0 Å². The molecule has 1 aromatic heterocycles. The number of anilines is 2. The van der Waals surface area contributed by atoms with Crippen LogP contribution in [0.15, 0.2) is 54.6 Å². The van der Waals surface area contributed by atoms with E-state index in [4.69, 9.17) is 9.47 Å². The number of benzene rings is 2. The summed E-state index contributed by atoms with van der Waals surface area (Å²) in [5.74, 6) is 2.98. The number of hydrogen-bond donors (Lipinski definition) is 1. The molecule has 2 aromatic carbocycles. The standard InChI is InChI=1S/C25H29N5O3/c1-15(2)22-17(4)32-25(31)30(22)24-28-18(5)27-23(29-24)26-16(3)19-11-13-21(14-12-19)33-20-9-7-6-8-10-20/h6-17,22H,1-5H3,(H,26,27,28,29)/t16-,17?,22-/m0/s1. The van der Waals surface area contributed by atoms with Crippen LogP contribution >= 0.6 is 0 Å². The summed E-state index contributed by atoms with van der Waals surface area (Å²) in [5.41, 5.74) is 1.05. The summed E-state index contributed by atoms with van der Waals surface area (Å²) in [6.45, 7) is 9.80. The molecule has 0 aliphatic carbocycles. The van der Waals surface area contributed by atoms with Gasteiger partial charge in [0.05, 0.1) is 12.1 Å². The summed E-state index contributed by atoms with van der Waals surface area (Å²) in [6.07, 6.45) is -0.665. The molecule has 1 aliphatic heterocycles. The average molecular weight is 448 g/mol. The third-order valence-electron chi connectivity index (χ3n) is 5.60. The van der Waals surface area contributed by atoms with Gasteiger partial charge in [0, 0.05) is 0 Å². The number of cyclic esters (lactones) is 1. The van der Waals surface area contributed by atoms with Gasteiger partial charge in [-0.15, -0.1) is 0 Å². The summed E-state index contributed by atoms with van der Waals surface area (Å²) < 4.78 is 11.3. The van der Waals surface area contributed by atoms with Gasteiger partial charge in [0.25, 0.3) is 0 Å². The fraction of sp³-hybridized carbons (Fsp3) is 0.360. The molecule has 8 nitrogen and oxygen atoms in total. The molecule has 4 rings (SSSR count). The molecule has 1 unspecified atom stereocenters. The van der Waals surface area contributed by atoms with Gasteiger partial charge in [-0.25, -0.2) is 9.69 Å². The Bertz CT molecular complexity index is 1100. The highest BCUT2D eigenvalue weighted by Gasteiger charge is 2.43. The van der Waals surface area contributed by atoms with Crippen LogP contribution < -0.4 is 15.0 Å². The number of rotatable bonds is 7. The fourth-order valence-corrected chi connectivity index (χ4v) is 4.04. The highest BCUT2D eigenvalue weighted by molar-refractivity contribution is 5.88. The molecule has 2 heterocycles. The third kappa shape index (κ3) is 5.05. The molecule has 1 N–H and O–H groups in total. The van der Waals surface area contributed by atoms with E-state index in [9.17, 15) is 4.79 Å². The van der Waals surface area contributed by atoms with Crippen molar-refractivity contribution in [3.05, 3.63) is 66.0 Å². The number of carbonyl (C=O) groups excluding carboxylic acids is 1. The van der Waals surface area contributed by atoms with Gasteiger partial charge in [-0.2, -0.15) is 15.0 Å². The molecular weight excluding hydrogens is 418 g/mol. The lowest BCUT2D eigenvalue weighted by molar-refractivity contribution is 0.136. The predicted molar refractivity (Wildman–Crippen MR) is 127 cm³/mol. The minimum atomic E-state index is -0.431. The van der Waals surface area contributed by atoms with E-state index in [-0.39, 0.29) is 24.1 Å². The Morgan fingerprint density at radius 2 is 1.64 bits per heavy atom. The van der Waals surface area contributed by atoms with Crippen molar-refractivity contribution in [1.29, 1.82) is 0 Å². The maximum Gasteiger partial charge on any atom is 0.417 e. The van der Waals surface area contributed by atoms with E-state index in [0.717, 1.165) is 17.1 Å². The van der Waals surface area contributed by atoms with Crippen LogP contribution in [0.5, 0.6) is 11.5 Å². The van der Waals surface area contributed by atoms with Crippen molar-refractivity contribution in [2.75, 3.05) is 10.2 Å². The largest absolute Gasteiger partial charge is 0.457 e. The van der Waals surface area contributed by atoms with Gasteiger partial charge in [0.2, 0.25) is 11.9 Å². The summed E-state index contributed by atoms with van der Waals surface area (Å²) in [5, 5.41) is 3.32. The van der Waals surface area contributed by atoms with Gasteiger partial charge < -0.3 is 14.8 Å². The van der Waals surface area contributed by atoms with E-state index in [2.05, 4.69) is 34.1 Å². The second-order valence-corrected chi connectivity index (χ2v) is 8.55. The van der Waals surface area contributed by atoms with Gasteiger partial charge in [0.1, 0.15) is 23.4 Å². The van der Waals surface area contributed by atoms with Crippen molar-refractivity contribution in [2.45, 2.75) is 52.8 Å². The first-order chi connectivity index (χ1) is 15.8. The van der Waals surface area contributed by atoms with Crippen LogP contribution in [0.3, 0.4) is 0 Å². The van der Waals surface area contributed by atoms with E-state index >= 15 is 0 Å². The lowest BCUT2D eigenvalue weighted by Gasteiger charge is -2.25. The van der Waals surface area contributed by atoms with Gasteiger partial charge in [-0.3, -0.25) is 0 Å². The topological polar surface area (TPSA) is 89.5 Å². The zero-order valence-corrected chi connectivity index (χ0v) is 19.5. The number of amides is 1. The van der Waals surface area contributed by atoms with Crippen molar-refractivity contribution in [2.24, 2.45) is 5.92 Å². The van der Waals surface area contributed by atoms with E-state index < -0.39 is 6.09 Å². The predicted octanol–water partition coefficient (Wildman–Crippen LogP) is 5.52. The molecule has 0 radical (unpaired) electrons. The van der Waals surface area contributed by atoms with Crippen molar-refractivity contribution in [1.82, 2.24) is 15.0 Å². The first-order valence-corrected chi connectivity index (χ1v) is 11.1. The van der Waals surface area contributed by atoms with E-state index in [1.54, 1.807) is 6.92 Å². The van der Waals surface area contributed by atoms with Crippen molar-refractivity contribution < 1.29 is 14.3 Å². The zero-order valence-electron chi connectivity index (χ0n) is 19.5. The fourth-order valence-electron chi connectivity index (χ4n) is 4.04. The Kier molecular flexibility index (Phi) is 6.44. The quantitative estimate of drug-likeness (QED) is 0.510. The third-order valence-corrected chi connectivity index (χ3v) is 5.60. The molecule has 1 saturated heterocycles. The number of carbonyl (C=O) groups is 1. The van der Waals surface area contributed by atoms with Crippen LogP contribution in [0.2, 0.25) is 0 Å². The smallest absolute Gasteiger partial charge is 0.417 e. The van der Waals surface area contributed by atoms with E-state index in [1.165, 1.54) is 4.90 Å². The first kappa shape index (κ1) is 22.5. The monoisotopic (exact) mass is 447 g/mol. The summed E-state index contributed by atoms with van der Waals surface area (Å²) in [6, 6.07) is 17.3. The molecule has 8 heteroatoms. The number of ether oxygens (including phenoxy) is 2. The highest BCUT2D eigenvalue weighted by Crippen LogP contribution is 2.30. The summed E-state index contributed by atoms with van der Waals surface area (Å²) >= 11 is 0. The van der Waals surface area contributed by atoms with Gasteiger partial charge in [-0.05, 0) is 56.5 Å². The summed E-state index contributed by atoms with van der Waals surface area (Å²) in [7, 11) is 0. The van der Waals surface area contributed by atoms with Crippen LogP contribution in [-0.2, 0) is 4.74 Å². The van der Waals surface area contributed by atoms with Crippen LogP contribution in [0.4, 0.5) is 16.7 Å². The number of hydrogen-bond acceptors (Lipinski definition) is 7. The Balaban J connectivity index is 1.50. The molecule has 33 heavy (non-hydrogen) atoms. The maximum atomic E-state index is 12.5. The number of aryl methyl sites for hydroxylation is 1. The zero-order chi connectivity index (χ0) is 23.5.